The van der Waals surface area contributed by atoms with E-state index in [4.69, 9.17) is 16.0 Å². The van der Waals surface area contributed by atoms with Crippen LogP contribution < -0.4 is 0 Å². The Bertz CT molecular complexity index is 566. The molecule has 0 N–H and O–H groups in total. The zero-order valence-corrected chi connectivity index (χ0v) is 9.77. The highest BCUT2D eigenvalue weighted by molar-refractivity contribution is 6.16. The summed E-state index contributed by atoms with van der Waals surface area (Å²) < 4.78 is 5.42. The third-order valence-electron chi connectivity index (χ3n) is 2.27. The van der Waals surface area contributed by atoms with Gasteiger partial charge in [-0.3, -0.25) is 10.1 Å². The van der Waals surface area contributed by atoms with Crippen LogP contribution in [-0.2, 0) is 5.88 Å². The number of aromatic nitrogens is 1. The Hall–Kier alpha value is -1.88. The number of benzene rings is 1. The first kappa shape index (κ1) is 11.6. The second-order valence-corrected chi connectivity index (χ2v) is 3.73. The summed E-state index contributed by atoms with van der Waals surface area (Å²) in [4.78, 5) is 14.3. The van der Waals surface area contributed by atoms with E-state index >= 15 is 0 Å². The Morgan fingerprint density at radius 3 is 2.88 bits per heavy atom. The Balaban J connectivity index is 2.48. The number of aryl methyl sites for hydroxylation is 1. The van der Waals surface area contributed by atoms with Crippen molar-refractivity contribution in [3.05, 3.63) is 46.0 Å². The van der Waals surface area contributed by atoms with Crippen LogP contribution in [0.5, 0.6) is 0 Å². The highest BCUT2D eigenvalue weighted by atomic mass is 35.5. The number of nitro benzene ring substituents is 1. The number of oxazole rings is 1. The molecule has 0 saturated heterocycles. The third kappa shape index (κ3) is 2.29. The minimum Gasteiger partial charge on any atom is -0.439 e. The number of rotatable bonds is 3. The first-order valence-corrected chi connectivity index (χ1v) is 5.42. The summed E-state index contributed by atoms with van der Waals surface area (Å²) in [6.45, 7) is 1.77. The van der Waals surface area contributed by atoms with Crippen LogP contribution >= 0.6 is 11.6 Å². The molecule has 2 aromatic rings. The van der Waals surface area contributed by atoms with E-state index in [1.165, 1.54) is 12.1 Å². The van der Waals surface area contributed by atoms with E-state index in [1.807, 2.05) is 0 Å². The summed E-state index contributed by atoms with van der Waals surface area (Å²) in [5.41, 5.74) is 1.31. The van der Waals surface area contributed by atoms with Crippen LogP contribution in [0.15, 0.2) is 28.7 Å². The molecule has 5 nitrogen and oxygen atoms in total. The summed E-state index contributed by atoms with van der Waals surface area (Å²) >= 11 is 5.62. The molecule has 0 bridgehead atoms. The van der Waals surface area contributed by atoms with Gasteiger partial charge in [-0.25, -0.2) is 4.98 Å². The van der Waals surface area contributed by atoms with Crippen molar-refractivity contribution >= 4 is 17.3 Å². The van der Waals surface area contributed by atoms with Gasteiger partial charge in [0.2, 0.25) is 5.89 Å². The summed E-state index contributed by atoms with van der Waals surface area (Å²) in [7, 11) is 0. The Kier molecular flexibility index (Phi) is 3.10. The molecule has 0 atom stereocenters. The zero-order valence-electron chi connectivity index (χ0n) is 9.01. The maximum absolute atomic E-state index is 10.7. The molecule has 1 heterocycles. The van der Waals surface area contributed by atoms with Gasteiger partial charge in [0.05, 0.1) is 16.5 Å². The maximum atomic E-state index is 10.7. The summed E-state index contributed by atoms with van der Waals surface area (Å²) in [6, 6.07) is 6.22. The van der Waals surface area contributed by atoms with Crippen molar-refractivity contribution in [3.8, 4) is 11.3 Å². The molecule has 0 aliphatic heterocycles. The van der Waals surface area contributed by atoms with Crippen LogP contribution in [0.25, 0.3) is 11.3 Å². The van der Waals surface area contributed by atoms with Crippen LogP contribution in [-0.4, -0.2) is 9.91 Å². The summed E-state index contributed by atoms with van der Waals surface area (Å²) in [5, 5.41) is 10.7. The standard InChI is InChI=1S/C11H9ClN2O3/c1-7-11(17-10(6-12)13-7)8-3-2-4-9(5-8)14(15)16/h2-5H,6H2,1H3. The number of nitrogens with zero attached hydrogens (tertiary/aromatic N) is 2. The molecular formula is C11H9ClN2O3. The maximum Gasteiger partial charge on any atom is 0.270 e. The predicted octanol–water partition coefficient (Wildman–Crippen LogP) is 3.30. The molecule has 0 unspecified atom stereocenters. The summed E-state index contributed by atoms with van der Waals surface area (Å²) in [6.07, 6.45) is 0. The molecule has 0 spiro atoms. The van der Waals surface area contributed by atoms with E-state index in [0.717, 1.165) is 0 Å². The Morgan fingerprint density at radius 1 is 1.53 bits per heavy atom. The lowest BCUT2D eigenvalue weighted by Gasteiger charge is -1.97. The van der Waals surface area contributed by atoms with Crippen LogP contribution in [0.1, 0.15) is 11.6 Å². The molecule has 17 heavy (non-hydrogen) atoms. The van der Waals surface area contributed by atoms with Crippen molar-refractivity contribution in [2.45, 2.75) is 12.8 Å². The molecule has 0 aliphatic rings. The minimum absolute atomic E-state index is 0.0192. The number of alkyl halides is 1. The number of hydrogen-bond acceptors (Lipinski definition) is 4. The summed E-state index contributed by atoms with van der Waals surface area (Å²) in [5.74, 6) is 1.10. The Morgan fingerprint density at radius 2 is 2.29 bits per heavy atom. The second kappa shape index (κ2) is 4.55. The molecule has 0 saturated carbocycles. The van der Waals surface area contributed by atoms with Gasteiger partial charge in [0.25, 0.3) is 5.69 Å². The Labute approximate surface area is 102 Å². The number of non-ortho nitro benzene ring substituents is 1. The van der Waals surface area contributed by atoms with Crippen molar-refractivity contribution in [2.75, 3.05) is 0 Å². The fraction of sp³-hybridized carbons (Fsp3) is 0.182. The average molecular weight is 253 g/mol. The van der Waals surface area contributed by atoms with Crippen molar-refractivity contribution in [1.29, 1.82) is 0 Å². The normalized spacial score (nSPS) is 10.5. The fourth-order valence-corrected chi connectivity index (χ4v) is 1.65. The topological polar surface area (TPSA) is 69.2 Å². The van der Waals surface area contributed by atoms with Gasteiger partial charge >= 0.3 is 0 Å². The zero-order chi connectivity index (χ0) is 12.4. The van der Waals surface area contributed by atoms with E-state index in [1.54, 1.807) is 19.1 Å². The highest BCUT2D eigenvalue weighted by Gasteiger charge is 2.14. The van der Waals surface area contributed by atoms with Crippen LogP contribution in [0, 0.1) is 17.0 Å². The lowest BCUT2D eigenvalue weighted by Crippen LogP contribution is -1.88. The smallest absolute Gasteiger partial charge is 0.270 e. The van der Waals surface area contributed by atoms with E-state index in [0.29, 0.717) is 22.9 Å². The van der Waals surface area contributed by atoms with Gasteiger partial charge in [0.15, 0.2) is 5.76 Å². The van der Waals surface area contributed by atoms with Crippen LogP contribution in [0.2, 0.25) is 0 Å². The van der Waals surface area contributed by atoms with Gasteiger partial charge in [0, 0.05) is 17.7 Å². The quantitative estimate of drug-likeness (QED) is 0.477. The van der Waals surface area contributed by atoms with Crippen molar-refractivity contribution < 1.29 is 9.34 Å². The lowest BCUT2D eigenvalue weighted by atomic mass is 10.1. The van der Waals surface area contributed by atoms with Crippen molar-refractivity contribution in [3.63, 3.8) is 0 Å². The molecule has 0 aliphatic carbocycles. The van der Waals surface area contributed by atoms with Gasteiger partial charge in [0.1, 0.15) is 0 Å². The van der Waals surface area contributed by atoms with Crippen LogP contribution in [0.3, 0.4) is 0 Å². The molecule has 6 heteroatoms. The van der Waals surface area contributed by atoms with Gasteiger partial charge in [-0.1, -0.05) is 12.1 Å². The fourth-order valence-electron chi connectivity index (χ4n) is 1.54. The van der Waals surface area contributed by atoms with E-state index in [2.05, 4.69) is 4.98 Å². The molecular weight excluding hydrogens is 244 g/mol. The SMILES string of the molecule is Cc1nc(CCl)oc1-c1cccc([N+](=O)[O-])c1. The van der Waals surface area contributed by atoms with Crippen LogP contribution in [0.4, 0.5) is 5.69 Å². The molecule has 0 amide bonds. The van der Waals surface area contributed by atoms with E-state index in [9.17, 15) is 10.1 Å². The molecule has 0 radical (unpaired) electrons. The van der Waals surface area contributed by atoms with Gasteiger partial charge in [-0.2, -0.15) is 0 Å². The van der Waals surface area contributed by atoms with Crippen molar-refractivity contribution in [1.82, 2.24) is 4.98 Å². The minimum atomic E-state index is -0.447. The number of halogens is 1. The van der Waals surface area contributed by atoms with Gasteiger partial charge < -0.3 is 4.42 Å². The molecule has 2 rings (SSSR count). The highest BCUT2D eigenvalue weighted by Crippen LogP contribution is 2.27. The predicted molar refractivity (Wildman–Crippen MR) is 62.9 cm³/mol. The number of hydrogen-bond donors (Lipinski definition) is 0. The molecule has 88 valence electrons. The van der Waals surface area contributed by atoms with E-state index < -0.39 is 4.92 Å². The first-order chi connectivity index (χ1) is 8.11. The number of nitro groups is 1. The second-order valence-electron chi connectivity index (χ2n) is 3.46. The van der Waals surface area contributed by atoms with E-state index in [-0.39, 0.29) is 11.6 Å². The first-order valence-electron chi connectivity index (χ1n) is 4.89. The van der Waals surface area contributed by atoms with Crippen molar-refractivity contribution in [2.24, 2.45) is 0 Å². The third-order valence-corrected chi connectivity index (χ3v) is 2.50. The lowest BCUT2D eigenvalue weighted by molar-refractivity contribution is -0.384. The largest absolute Gasteiger partial charge is 0.439 e. The molecule has 1 aromatic carbocycles. The van der Waals surface area contributed by atoms with Gasteiger partial charge in [-0.05, 0) is 6.92 Å². The molecule has 0 fully saturated rings. The van der Waals surface area contributed by atoms with Gasteiger partial charge in [-0.15, -0.1) is 11.6 Å². The monoisotopic (exact) mass is 252 g/mol. The molecule has 1 aromatic heterocycles. The average Bonchev–Trinajstić information content (AvgIpc) is 2.71.